The summed E-state index contributed by atoms with van der Waals surface area (Å²) in [4.78, 5) is 20.1. The first kappa shape index (κ1) is 20.7. The number of rotatable bonds is 5. The molecular weight excluding hydrogens is 454 g/mol. The van der Waals surface area contributed by atoms with Crippen LogP contribution in [0.1, 0.15) is 0 Å². The number of amides is 1. The number of anilines is 2. The fourth-order valence-electron chi connectivity index (χ4n) is 3.35. The zero-order chi connectivity index (χ0) is 22.1. The summed E-state index contributed by atoms with van der Waals surface area (Å²) in [5.41, 5.74) is 1.27. The molecule has 1 aliphatic heterocycles. The van der Waals surface area contributed by atoms with E-state index in [9.17, 15) is 13.6 Å². The predicted molar refractivity (Wildman–Crippen MR) is 121 cm³/mol. The van der Waals surface area contributed by atoms with E-state index in [4.69, 9.17) is 9.47 Å². The maximum atomic E-state index is 13.6. The number of ether oxygens (including phenoxy) is 2. The van der Waals surface area contributed by atoms with E-state index in [1.807, 2.05) is 30.3 Å². The number of carbonyl (C=O) groups is 1. The number of hydrogen-bond acceptors (Lipinski definition) is 6. The number of thioether (sulfide) groups is 1. The molecule has 0 fully saturated rings. The third-order valence-electron chi connectivity index (χ3n) is 4.80. The number of aromatic nitrogens is 1. The molecule has 0 saturated heterocycles. The molecule has 9 heteroatoms. The SMILES string of the molecule is O=C(C1COc2ccccc2O1)N(c1ccc(SC(F)F)cc1)c1nc2ccccc2s1. The van der Waals surface area contributed by atoms with Crippen molar-refractivity contribution >= 4 is 50.0 Å². The molecule has 1 amide bonds. The Morgan fingerprint density at radius 1 is 1.03 bits per heavy atom. The standard InChI is InChI=1S/C23H16F2N2O3S2/c24-22(25)31-15-11-9-14(10-12-15)27(23-26-16-5-1-4-8-20(16)32-23)21(28)19-13-29-17-6-2-3-7-18(17)30-19/h1-12,19,22H,13H2. The summed E-state index contributed by atoms with van der Waals surface area (Å²) in [5, 5.41) is 0.466. The fourth-order valence-corrected chi connectivity index (χ4v) is 4.84. The second kappa shape index (κ2) is 8.76. The van der Waals surface area contributed by atoms with Crippen LogP contribution in [-0.2, 0) is 4.79 Å². The van der Waals surface area contributed by atoms with Gasteiger partial charge in [-0.15, -0.1) is 0 Å². The number of benzene rings is 3. The Balaban J connectivity index is 1.51. The Kier molecular flexibility index (Phi) is 5.67. The Labute approximate surface area is 190 Å². The van der Waals surface area contributed by atoms with Gasteiger partial charge >= 0.3 is 0 Å². The Morgan fingerprint density at radius 3 is 2.50 bits per heavy atom. The van der Waals surface area contributed by atoms with Crippen LogP contribution in [-0.4, -0.2) is 29.4 Å². The lowest BCUT2D eigenvalue weighted by Gasteiger charge is -2.29. The smallest absolute Gasteiger partial charge is 0.288 e. The summed E-state index contributed by atoms with van der Waals surface area (Å²) in [6, 6.07) is 21.1. The van der Waals surface area contributed by atoms with Crippen LogP contribution >= 0.6 is 23.1 Å². The van der Waals surface area contributed by atoms with Crippen molar-refractivity contribution < 1.29 is 23.0 Å². The number of nitrogens with zero attached hydrogens (tertiary/aromatic N) is 2. The van der Waals surface area contributed by atoms with Gasteiger partial charge in [0.25, 0.3) is 11.7 Å². The monoisotopic (exact) mass is 470 g/mol. The average molecular weight is 471 g/mol. The molecule has 0 bridgehead atoms. The summed E-state index contributed by atoms with van der Waals surface area (Å²) in [6.45, 7) is 0.0521. The van der Waals surface area contributed by atoms with Crippen LogP contribution in [0.2, 0.25) is 0 Å². The Hall–Kier alpha value is -3.17. The van der Waals surface area contributed by atoms with Gasteiger partial charge in [-0.3, -0.25) is 9.69 Å². The maximum absolute atomic E-state index is 13.6. The summed E-state index contributed by atoms with van der Waals surface area (Å²) >= 11 is 1.82. The Bertz CT molecular complexity index is 1230. The topological polar surface area (TPSA) is 51.7 Å². The molecular formula is C23H16F2N2O3S2. The lowest BCUT2D eigenvalue weighted by atomic mass is 10.2. The van der Waals surface area contributed by atoms with Crippen molar-refractivity contribution in [2.75, 3.05) is 11.5 Å². The molecule has 3 aromatic carbocycles. The van der Waals surface area contributed by atoms with Crippen LogP contribution in [0.5, 0.6) is 11.5 Å². The molecule has 0 aliphatic carbocycles. The van der Waals surface area contributed by atoms with Crippen LogP contribution in [0.3, 0.4) is 0 Å². The quantitative estimate of drug-likeness (QED) is 0.329. The van der Waals surface area contributed by atoms with Gasteiger partial charge in [-0.25, -0.2) is 4.98 Å². The number of thiazole rings is 1. The third-order valence-corrected chi connectivity index (χ3v) is 6.54. The fraction of sp³-hybridized carbons (Fsp3) is 0.130. The number of carbonyl (C=O) groups excluding carboxylic acids is 1. The first-order valence-corrected chi connectivity index (χ1v) is 11.4. The van der Waals surface area contributed by atoms with Crippen molar-refractivity contribution in [3.63, 3.8) is 0 Å². The van der Waals surface area contributed by atoms with E-state index in [-0.39, 0.29) is 12.5 Å². The molecule has 5 rings (SSSR count). The van der Waals surface area contributed by atoms with Gasteiger partial charge in [0.15, 0.2) is 16.6 Å². The van der Waals surface area contributed by atoms with Crippen molar-refractivity contribution in [1.82, 2.24) is 4.98 Å². The highest BCUT2D eigenvalue weighted by Crippen LogP contribution is 2.37. The zero-order valence-electron chi connectivity index (χ0n) is 16.5. The zero-order valence-corrected chi connectivity index (χ0v) is 18.1. The van der Waals surface area contributed by atoms with Gasteiger partial charge in [0.05, 0.1) is 15.9 Å². The van der Waals surface area contributed by atoms with E-state index in [1.54, 1.807) is 42.5 Å². The highest BCUT2D eigenvalue weighted by Gasteiger charge is 2.34. The van der Waals surface area contributed by atoms with Gasteiger partial charge in [0.2, 0.25) is 6.10 Å². The van der Waals surface area contributed by atoms with Crippen molar-refractivity contribution in [2.45, 2.75) is 16.8 Å². The summed E-state index contributed by atoms with van der Waals surface area (Å²) in [5.74, 6) is -1.80. The lowest BCUT2D eigenvalue weighted by Crippen LogP contribution is -2.44. The molecule has 2 heterocycles. The second-order valence-electron chi connectivity index (χ2n) is 6.87. The van der Waals surface area contributed by atoms with E-state index >= 15 is 0 Å². The molecule has 4 aromatic rings. The van der Waals surface area contributed by atoms with Crippen molar-refractivity contribution in [1.29, 1.82) is 0 Å². The van der Waals surface area contributed by atoms with Crippen LogP contribution in [0.4, 0.5) is 19.6 Å². The number of alkyl halides is 2. The highest BCUT2D eigenvalue weighted by molar-refractivity contribution is 7.99. The molecule has 1 unspecified atom stereocenters. The first-order chi connectivity index (χ1) is 15.6. The van der Waals surface area contributed by atoms with Crippen LogP contribution in [0, 0.1) is 0 Å². The summed E-state index contributed by atoms with van der Waals surface area (Å²) < 4.78 is 38.0. The minimum atomic E-state index is -2.52. The van der Waals surface area contributed by atoms with Crippen LogP contribution in [0.15, 0.2) is 77.7 Å². The molecule has 5 nitrogen and oxygen atoms in total. The van der Waals surface area contributed by atoms with Crippen LogP contribution in [0.25, 0.3) is 10.2 Å². The molecule has 0 N–H and O–H groups in total. The van der Waals surface area contributed by atoms with E-state index < -0.39 is 11.9 Å². The van der Waals surface area contributed by atoms with Crippen molar-refractivity contribution in [2.24, 2.45) is 0 Å². The van der Waals surface area contributed by atoms with Gasteiger partial charge in [0.1, 0.15) is 6.61 Å². The van der Waals surface area contributed by atoms with Gasteiger partial charge in [-0.2, -0.15) is 8.78 Å². The number of fused-ring (bicyclic) bond motifs is 2. The minimum Gasteiger partial charge on any atom is -0.485 e. The molecule has 1 atom stereocenters. The molecule has 0 saturated carbocycles. The number of hydrogen-bond donors (Lipinski definition) is 0. The van der Waals surface area contributed by atoms with Gasteiger partial charge in [-0.05, 0) is 48.5 Å². The number of halogens is 2. The minimum absolute atomic E-state index is 0.0521. The van der Waals surface area contributed by atoms with Gasteiger partial charge < -0.3 is 9.47 Å². The molecule has 162 valence electrons. The average Bonchev–Trinajstić information content (AvgIpc) is 3.23. The van der Waals surface area contributed by atoms with E-state index in [1.165, 1.54) is 16.2 Å². The summed E-state index contributed by atoms with van der Waals surface area (Å²) in [6.07, 6.45) is -0.882. The highest BCUT2D eigenvalue weighted by atomic mass is 32.2. The van der Waals surface area contributed by atoms with E-state index in [0.717, 1.165) is 10.2 Å². The molecule has 0 spiro atoms. The predicted octanol–water partition coefficient (Wildman–Crippen LogP) is 6.12. The largest absolute Gasteiger partial charge is 0.485 e. The normalized spacial score (nSPS) is 15.2. The molecule has 1 aromatic heterocycles. The molecule has 32 heavy (non-hydrogen) atoms. The first-order valence-electron chi connectivity index (χ1n) is 9.71. The van der Waals surface area contributed by atoms with Crippen molar-refractivity contribution in [3.05, 3.63) is 72.8 Å². The van der Waals surface area contributed by atoms with E-state index in [2.05, 4.69) is 4.98 Å². The second-order valence-corrected chi connectivity index (χ2v) is 8.95. The third kappa shape index (κ3) is 4.13. The maximum Gasteiger partial charge on any atom is 0.288 e. The summed E-state index contributed by atoms with van der Waals surface area (Å²) in [7, 11) is 0. The number of para-hydroxylation sites is 3. The van der Waals surface area contributed by atoms with Gasteiger partial charge in [-0.1, -0.05) is 47.4 Å². The van der Waals surface area contributed by atoms with E-state index in [0.29, 0.717) is 39.0 Å². The molecule has 1 aliphatic rings. The molecule has 0 radical (unpaired) electrons. The van der Waals surface area contributed by atoms with Crippen molar-refractivity contribution in [3.8, 4) is 11.5 Å². The van der Waals surface area contributed by atoms with Gasteiger partial charge in [0, 0.05) is 4.90 Å². The Morgan fingerprint density at radius 2 is 1.75 bits per heavy atom. The lowest BCUT2D eigenvalue weighted by molar-refractivity contribution is -0.126. The van der Waals surface area contributed by atoms with Crippen LogP contribution < -0.4 is 14.4 Å².